The molecule has 0 bridgehead atoms. The number of hydrogen-bond acceptors (Lipinski definition) is 9. The summed E-state index contributed by atoms with van der Waals surface area (Å²) in [7, 11) is 0. The Morgan fingerprint density at radius 1 is 0.870 bits per heavy atom. The Morgan fingerprint density at radius 2 is 1.52 bits per heavy atom. The Balaban J connectivity index is 4.35. The first-order valence-electron chi connectivity index (χ1n) is 6.89. The molecule has 0 aliphatic rings. The fraction of sp³-hybridized carbons (Fsp3) is 0.714. The topological polar surface area (TPSA) is 96.0 Å². The molecule has 2 atom stereocenters. The van der Waals surface area contributed by atoms with Crippen molar-refractivity contribution in [1.82, 2.24) is 0 Å². The second kappa shape index (κ2) is 12.4. The highest BCUT2D eigenvalue weighted by molar-refractivity contribution is 8.17. The molecular formula is C14H22O7S2. The van der Waals surface area contributed by atoms with Crippen LogP contribution in [-0.4, -0.2) is 59.1 Å². The highest BCUT2D eigenvalue weighted by atomic mass is 32.2. The van der Waals surface area contributed by atoms with Crippen molar-refractivity contribution in [2.45, 2.75) is 39.0 Å². The van der Waals surface area contributed by atoms with Crippen LogP contribution in [0.3, 0.4) is 0 Å². The smallest absolute Gasteiger partial charge is 0.303 e. The third-order valence-corrected chi connectivity index (χ3v) is 4.37. The highest BCUT2D eigenvalue weighted by Crippen LogP contribution is 2.18. The standard InChI is InChI=1S/C14H22O7S2/c1-9(15)20-6-13(21-10(2)16)5-19-7-14(23-12(4)18)8-22-11(3)17/h13-14H,5-8H2,1-4H3. The van der Waals surface area contributed by atoms with Crippen LogP contribution in [0.2, 0.25) is 0 Å². The number of ether oxygens (including phenoxy) is 3. The van der Waals surface area contributed by atoms with Crippen LogP contribution >= 0.6 is 23.5 Å². The minimum atomic E-state index is -0.708. The molecule has 0 aliphatic carbocycles. The summed E-state index contributed by atoms with van der Waals surface area (Å²) in [4.78, 5) is 44.0. The van der Waals surface area contributed by atoms with E-state index >= 15 is 0 Å². The molecule has 0 aromatic rings. The maximum atomic E-state index is 11.2. The van der Waals surface area contributed by atoms with Crippen molar-refractivity contribution in [2.24, 2.45) is 0 Å². The van der Waals surface area contributed by atoms with Gasteiger partial charge in [0, 0.05) is 38.7 Å². The monoisotopic (exact) mass is 366 g/mol. The normalized spacial score (nSPS) is 13.0. The quantitative estimate of drug-likeness (QED) is 0.532. The van der Waals surface area contributed by atoms with Gasteiger partial charge in [0.15, 0.2) is 16.3 Å². The molecular weight excluding hydrogens is 344 g/mol. The molecule has 0 amide bonds. The van der Waals surface area contributed by atoms with E-state index in [0.717, 1.165) is 23.5 Å². The first-order chi connectivity index (χ1) is 10.7. The third-order valence-electron chi connectivity index (χ3n) is 2.22. The Hall–Kier alpha value is -1.06. The van der Waals surface area contributed by atoms with Gasteiger partial charge in [-0.15, -0.1) is 0 Å². The van der Waals surface area contributed by atoms with Gasteiger partial charge < -0.3 is 14.2 Å². The van der Waals surface area contributed by atoms with Gasteiger partial charge in [0.25, 0.3) is 0 Å². The van der Waals surface area contributed by atoms with Crippen LogP contribution in [0, 0.1) is 0 Å². The van der Waals surface area contributed by atoms with Crippen molar-refractivity contribution in [2.75, 3.05) is 25.6 Å². The number of carbonyl (C=O) groups excluding carboxylic acids is 4. The SMILES string of the molecule is CC(=O)OCC(COCC(CSC(C)=O)SC(C)=O)OC(C)=O. The predicted octanol–water partition coefficient (Wildman–Crippen LogP) is 1.43. The molecule has 7 nitrogen and oxygen atoms in total. The van der Waals surface area contributed by atoms with Crippen molar-refractivity contribution in [3.05, 3.63) is 0 Å². The lowest BCUT2D eigenvalue weighted by atomic mass is 10.4. The Bertz CT molecular complexity index is 387. The summed E-state index contributed by atoms with van der Waals surface area (Å²) in [5.74, 6) is -0.542. The number of carbonyl (C=O) groups is 4. The summed E-state index contributed by atoms with van der Waals surface area (Å²) >= 11 is 2.21. The van der Waals surface area contributed by atoms with Crippen LogP contribution in [0.25, 0.3) is 0 Å². The molecule has 0 aromatic carbocycles. The second-order valence-corrected chi connectivity index (χ2v) is 7.28. The van der Waals surface area contributed by atoms with Gasteiger partial charge >= 0.3 is 11.9 Å². The summed E-state index contributed by atoms with van der Waals surface area (Å²) < 4.78 is 15.2. The molecule has 0 N–H and O–H groups in total. The molecule has 0 aliphatic heterocycles. The zero-order valence-electron chi connectivity index (χ0n) is 13.7. The van der Waals surface area contributed by atoms with E-state index in [1.807, 2.05) is 0 Å². The van der Waals surface area contributed by atoms with Crippen molar-refractivity contribution in [1.29, 1.82) is 0 Å². The van der Waals surface area contributed by atoms with Crippen LogP contribution in [0.1, 0.15) is 27.7 Å². The summed E-state index contributed by atoms with van der Waals surface area (Å²) in [6, 6.07) is 0. The molecule has 132 valence electrons. The number of hydrogen-bond donors (Lipinski definition) is 0. The van der Waals surface area contributed by atoms with Crippen molar-refractivity contribution in [3.8, 4) is 0 Å². The third kappa shape index (κ3) is 14.3. The van der Waals surface area contributed by atoms with E-state index < -0.39 is 18.0 Å². The average molecular weight is 366 g/mol. The molecule has 0 radical (unpaired) electrons. The first kappa shape index (κ1) is 21.9. The fourth-order valence-electron chi connectivity index (χ4n) is 1.45. The fourth-order valence-corrected chi connectivity index (χ4v) is 3.08. The zero-order chi connectivity index (χ0) is 17.8. The molecule has 2 unspecified atom stereocenters. The largest absolute Gasteiger partial charge is 0.462 e. The molecule has 0 aromatic heterocycles. The van der Waals surface area contributed by atoms with Crippen LogP contribution in [0.5, 0.6) is 0 Å². The van der Waals surface area contributed by atoms with E-state index in [9.17, 15) is 19.2 Å². The van der Waals surface area contributed by atoms with Gasteiger partial charge in [0.2, 0.25) is 0 Å². The molecule has 0 saturated heterocycles. The molecule has 0 heterocycles. The molecule has 0 fully saturated rings. The van der Waals surface area contributed by atoms with E-state index in [2.05, 4.69) is 0 Å². The van der Waals surface area contributed by atoms with E-state index in [-0.39, 0.29) is 35.3 Å². The van der Waals surface area contributed by atoms with Gasteiger partial charge in [-0.25, -0.2) is 0 Å². The van der Waals surface area contributed by atoms with Crippen LogP contribution in [0.15, 0.2) is 0 Å². The highest BCUT2D eigenvalue weighted by Gasteiger charge is 2.18. The lowest BCUT2D eigenvalue weighted by Crippen LogP contribution is -2.30. The van der Waals surface area contributed by atoms with Crippen LogP contribution < -0.4 is 0 Å². The van der Waals surface area contributed by atoms with E-state index in [0.29, 0.717) is 5.75 Å². The van der Waals surface area contributed by atoms with Gasteiger partial charge in [0.1, 0.15) is 6.61 Å². The van der Waals surface area contributed by atoms with Gasteiger partial charge in [-0.3, -0.25) is 19.2 Å². The summed E-state index contributed by atoms with van der Waals surface area (Å²) in [5.41, 5.74) is 0. The van der Waals surface area contributed by atoms with Crippen LogP contribution in [-0.2, 0) is 33.4 Å². The molecule has 0 spiro atoms. The lowest BCUT2D eigenvalue weighted by Gasteiger charge is -2.19. The van der Waals surface area contributed by atoms with Gasteiger partial charge in [-0.1, -0.05) is 23.5 Å². The summed E-state index contributed by atoms with van der Waals surface area (Å²) in [6.07, 6.45) is -0.708. The van der Waals surface area contributed by atoms with E-state index in [1.54, 1.807) is 0 Å². The number of thioether (sulfide) groups is 2. The van der Waals surface area contributed by atoms with Crippen molar-refractivity contribution < 1.29 is 33.4 Å². The second-order valence-electron chi connectivity index (χ2n) is 4.61. The maximum Gasteiger partial charge on any atom is 0.303 e. The lowest BCUT2D eigenvalue weighted by molar-refractivity contribution is -0.159. The van der Waals surface area contributed by atoms with Crippen molar-refractivity contribution in [3.63, 3.8) is 0 Å². The molecule has 0 rings (SSSR count). The minimum absolute atomic E-state index is 0.0343. The number of rotatable bonds is 10. The van der Waals surface area contributed by atoms with Crippen molar-refractivity contribution >= 4 is 45.7 Å². The van der Waals surface area contributed by atoms with Crippen LogP contribution in [0.4, 0.5) is 0 Å². The number of esters is 2. The summed E-state index contributed by atoms with van der Waals surface area (Å²) in [5, 5.41) is -0.292. The Morgan fingerprint density at radius 3 is 2.00 bits per heavy atom. The van der Waals surface area contributed by atoms with E-state index in [1.165, 1.54) is 27.7 Å². The minimum Gasteiger partial charge on any atom is -0.462 e. The molecule has 9 heteroatoms. The zero-order valence-corrected chi connectivity index (χ0v) is 15.3. The Labute approximate surface area is 144 Å². The average Bonchev–Trinajstić information content (AvgIpc) is 2.40. The molecule has 0 saturated carbocycles. The Kier molecular flexibility index (Phi) is 11.8. The molecule has 23 heavy (non-hydrogen) atoms. The first-order valence-corrected chi connectivity index (χ1v) is 8.76. The van der Waals surface area contributed by atoms with E-state index in [4.69, 9.17) is 14.2 Å². The maximum absolute atomic E-state index is 11.2. The van der Waals surface area contributed by atoms with Gasteiger partial charge in [0.05, 0.1) is 13.2 Å². The predicted molar refractivity (Wildman–Crippen MR) is 88.2 cm³/mol. The van der Waals surface area contributed by atoms with Gasteiger partial charge in [-0.05, 0) is 0 Å². The summed E-state index contributed by atoms with van der Waals surface area (Å²) in [6.45, 7) is 5.55. The van der Waals surface area contributed by atoms with Gasteiger partial charge in [-0.2, -0.15) is 0 Å².